The molecule has 0 aromatic heterocycles. The van der Waals surface area contributed by atoms with Crippen molar-refractivity contribution in [2.75, 3.05) is 0 Å². The molecular formula is C18H27NO4. The van der Waals surface area contributed by atoms with Crippen molar-refractivity contribution in [2.45, 2.75) is 64.5 Å². The highest BCUT2D eigenvalue weighted by Gasteiger charge is 2.40. The number of amides is 1. The van der Waals surface area contributed by atoms with Gasteiger partial charge in [-0.2, -0.15) is 0 Å². The first kappa shape index (κ1) is 19.0. The molecule has 0 spiro atoms. The zero-order valence-electron chi connectivity index (χ0n) is 14.4. The van der Waals surface area contributed by atoms with E-state index in [-0.39, 0.29) is 6.42 Å². The van der Waals surface area contributed by atoms with Crippen LogP contribution in [0.2, 0.25) is 0 Å². The van der Waals surface area contributed by atoms with Crippen LogP contribution in [0.5, 0.6) is 0 Å². The number of carboxylic acid groups (broad SMARTS) is 1. The molecule has 1 atom stereocenters. The van der Waals surface area contributed by atoms with E-state index in [9.17, 15) is 14.7 Å². The summed E-state index contributed by atoms with van der Waals surface area (Å²) in [7, 11) is 0. The molecule has 23 heavy (non-hydrogen) atoms. The standard InChI is InChI=1S/C18H27NO4/c1-5-6-12-18(15(20)21,13-14-10-8-7-9-11-14)19-16(22)23-17(2,3)4/h7-11H,5-6,12-13H2,1-4H3,(H,19,22)(H,20,21)/t18-/m1/s1. The molecule has 5 heteroatoms. The molecule has 1 aromatic rings. The second kappa shape index (κ2) is 7.99. The van der Waals surface area contributed by atoms with Gasteiger partial charge < -0.3 is 15.2 Å². The molecule has 1 rings (SSSR count). The lowest BCUT2D eigenvalue weighted by atomic mass is 9.86. The molecule has 0 bridgehead atoms. The summed E-state index contributed by atoms with van der Waals surface area (Å²) >= 11 is 0. The Labute approximate surface area is 138 Å². The Morgan fingerprint density at radius 2 is 1.78 bits per heavy atom. The maximum atomic E-state index is 12.1. The molecular weight excluding hydrogens is 294 g/mol. The van der Waals surface area contributed by atoms with E-state index in [4.69, 9.17) is 4.74 Å². The van der Waals surface area contributed by atoms with Crippen LogP contribution in [0.25, 0.3) is 0 Å². The monoisotopic (exact) mass is 321 g/mol. The van der Waals surface area contributed by atoms with Crippen molar-refractivity contribution in [1.29, 1.82) is 0 Å². The van der Waals surface area contributed by atoms with Crippen LogP contribution in [-0.2, 0) is 16.0 Å². The zero-order chi connectivity index (χ0) is 17.5. The number of benzene rings is 1. The van der Waals surface area contributed by atoms with Gasteiger partial charge in [0.1, 0.15) is 11.1 Å². The van der Waals surface area contributed by atoms with Gasteiger partial charge in [0.2, 0.25) is 0 Å². The van der Waals surface area contributed by atoms with E-state index in [0.717, 1.165) is 12.0 Å². The third-order valence-corrected chi connectivity index (χ3v) is 3.46. The summed E-state index contributed by atoms with van der Waals surface area (Å²) in [5.74, 6) is -1.04. The Bertz CT molecular complexity index is 522. The average Bonchev–Trinajstić information content (AvgIpc) is 2.43. The topological polar surface area (TPSA) is 75.6 Å². The van der Waals surface area contributed by atoms with Gasteiger partial charge in [-0.15, -0.1) is 0 Å². The van der Waals surface area contributed by atoms with Gasteiger partial charge in [0.15, 0.2) is 0 Å². The number of carbonyl (C=O) groups excluding carboxylic acids is 1. The van der Waals surface area contributed by atoms with Gasteiger partial charge in [-0.25, -0.2) is 9.59 Å². The SMILES string of the molecule is CCCC[C@](Cc1ccccc1)(NC(=O)OC(C)(C)C)C(=O)O. The molecule has 5 nitrogen and oxygen atoms in total. The van der Waals surface area contributed by atoms with Gasteiger partial charge in [0.05, 0.1) is 0 Å². The van der Waals surface area contributed by atoms with Gasteiger partial charge in [-0.05, 0) is 32.8 Å². The van der Waals surface area contributed by atoms with E-state index in [1.54, 1.807) is 20.8 Å². The van der Waals surface area contributed by atoms with Crippen LogP contribution in [-0.4, -0.2) is 28.3 Å². The van der Waals surface area contributed by atoms with Crippen LogP contribution in [0, 0.1) is 0 Å². The molecule has 0 aliphatic rings. The quantitative estimate of drug-likeness (QED) is 0.801. The number of unbranched alkanes of at least 4 members (excludes halogenated alkanes) is 1. The third kappa shape index (κ3) is 6.30. The number of ether oxygens (including phenoxy) is 1. The molecule has 0 unspecified atom stereocenters. The highest BCUT2D eigenvalue weighted by atomic mass is 16.6. The lowest BCUT2D eigenvalue weighted by Crippen LogP contribution is -2.57. The summed E-state index contributed by atoms with van der Waals surface area (Å²) < 4.78 is 5.25. The number of rotatable bonds is 7. The number of carboxylic acids is 1. The van der Waals surface area contributed by atoms with Crippen LogP contribution in [0.15, 0.2) is 30.3 Å². The number of hydrogen-bond donors (Lipinski definition) is 2. The van der Waals surface area contributed by atoms with Crippen molar-refractivity contribution in [3.8, 4) is 0 Å². The Hall–Kier alpha value is -2.04. The summed E-state index contributed by atoms with van der Waals surface area (Å²) in [5.41, 5.74) is -1.17. The molecule has 0 fully saturated rings. The Morgan fingerprint density at radius 3 is 2.26 bits per heavy atom. The average molecular weight is 321 g/mol. The Kier molecular flexibility index (Phi) is 6.61. The Morgan fingerprint density at radius 1 is 1.17 bits per heavy atom. The van der Waals surface area contributed by atoms with Gasteiger partial charge in [0.25, 0.3) is 0 Å². The molecule has 0 saturated carbocycles. The lowest BCUT2D eigenvalue weighted by molar-refractivity contribution is -0.145. The third-order valence-electron chi connectivity index (χ3n) is 3.46. The molecule has 1 amide bonds. The maximum Gasteiger partial charge on any atom is 0.408 e. The predicted octanol–water partition coefficient (Wildman–Crippen LogP) is 3.77. The summed E-state index contributed by atoms with van der Waals surface area (Å²) in [6, 6.07) is 9.31. The highest BCUT2D eigenvalue weighted by Crippen LogP contribution is 2.22. The zero-order valence-corrected chi connectivity index (χ0v) is 14.4. The second-order valence-electron chi connectivity index (χ2n) is 6.78. The van der Waals surface area contributed by atoms with Crippen LogP contribution in [0.1, 0.15) is 52.5 Å². The van der Waals surface area contributed by atoms with Gasteiger partial charge >= 0.3 is 12.1 Å². The summed E-state index contributed by atoms with van der Waals surface area (Å²) in [4.78, 5) is 24.1. The number of aliphatic carboxylic acids is 1. The minimum absolute atomic E-state index is 0.225. The van der Waals surface area contributed by atoms with Crippen molar-refractivity contribution < 1.29 is 19.4 Å². The summed E-state index contributed by atoms with van der Waals surface area (Å²) in [6.07, 6.45) is 1.43. The second-order valence-corrected chi connectivity index (χ2v) is 6.78. The van der Waals surface area contributed by atoms with E-state index in [0.29, 0.717) is 12.8 Å². The fourth-order valence-electron chi connectivity index (χ4n) is 2.35. The van der Waals surface area contributed by atoms with E-state index in [2.05, 4.69) is 5.32 Å². The van der Waals surface area contributed by atoms with Crippen molar-refractivity contribution in [3.63, 3.8) is 0 Å². The number of alkyl carbamates (subject to hydrolysis) is 1. The molecule has 128 valence electrons. The fourth-order valence-corrected chi connectivity index (χ4v) is 2.35. The fraction of sp³-hybridized carbons (Fsp3) is 0.556. The first-order valence-electron chi connectivity index (χ1n) is 7.97. The first-order valence-corrected chi connectivity index (χ1v) is 7.97. The van der Waals surface area contributed by atoms with Gasteiger partial charge in [-0.1, -0.05) is 50.1 Å². The van der Waals surface area contributed by atoms with E-state index >= 15 is 0 Å². The van der Waals surface area contributed by atoms with Crippen molar-refractivity contribution in [3.05, 3.63) is 35.9 Å². The summed E-state index contributed by atoms with van der Waals surface area (Å²) in [6.45, 7) is 7.23. The molecule has 0 aliphatic carbocycles. The molecule has 0 radical (unpaired) electrons. The largest absolute Gasteiger partial charge is 0.479 e. The molecule has 0 aliphatic heterocycles. The number of carbonyl (C=O) groups is 2. The first-order chi connectivity index (χ1) is 10.7. The van der Waals surface area contributed by atoms with Crippen LogP contribution in [0.4, 0.5) is 4.79 Å². The van der Waals surface area contributed by atoms with Crippen LogP contribution < -0.4 is 5.32 Å². The number of nitrogens with one attached hydrogen (secondary N) is 1. The smallest absolute Gasteiger partial charge is 0.408 e. The van der Waals surface area contributed by atoms with Crippen molar-refractivity contribution in [1.82, 2.24) is 5.32 Å². The van der Waals surface area contributed by atoms with Crippen LogP contribution in [0.3, 0.4) is 0 Å². The Balaban J connectivity index is 3.02. The minimum atomic E-state index is -1.36. The highest BCUT2D eigenvalue weighted by molar-refractivity contribution is 5.84. The van der Waals surface area contributed by atoms with Gasteiger partial charge in [-0.3, -0.25) is 0 Å². The van der Waals surface area contributed by atoms with E-state index < -0.39 is 23.2 Å². The van der Waals surface area contributed by atoms with E-state index in [1.165, 1.54) is 0 Å². The predicted molar refractivity (Wildman–Crippen MR) is 89.4 cm³/mol. The van der Waals surface area contributed by atoms with Crippen molar-refractivity contribution >= 4 is 12.1 Å². The van der Waals surface area contributed by atoms with Crippen molar-refractivity contribution in [2.24, 2.45) is 0 Å². The van der Waals surface area contributed by atoms with E-state index in [1.807, 2.05) is 37.3 Å². The minimum Gasteiger partial charge on any atom is -0.479 e. The molecule has 1 aromatic carbocycles. The normalized spacial score (nSPS) is 13.9. The molecule has 0 heterocycles. The lowest BCUT2D eigenvalue weighted by Gasteiger charge is -2.32. The maximum absolute atomic E-state index is 12.1. The number of hydrogen-bond acceptors (Lipinski definition) is 3. The van der Waals surface area contributed by atoms with Crippen LogP contribution >= 0.6 is 0 Å². The summed E-state index contributed by atoms with van der Waals surface area (Å²) in [5, 5.41) is 12.4. The molecule has 0 saturated heterocycles. The molecule has 2 N–H and O–H groups in total. The van der Waals surface area contributed by atoms with Gasteiger partial charge in [0, 0.05) is 6.42 Å².